The normalized spacial score (nSPS) is 20.1. The number of hydrogen-bond donors (Lipinski definition) is 0. The number of ketones is 1. The molecule has 2 fully saturated rings. The molecular formula is C31H42O. The number of carbonyl (C=O) groups is 1. The fraction of sp³-hybridized carbons (Fsp3) is 0.581. The third-order valence-electron chi connectivity index (χ3n) is 8.51. The molecule has 1 heteroatoms. The highest BCUT2D eigenvalue weighted by Gasteiger charge is 2.32. The van der Waals surface area contributed by atoms with E-state index in [4.69, 9.17) is 0 Å². The summed E-state index contributed by atoms with van der Waals surface area (Å²) in [6.45, 7) is 4.46. The summed E-state index contributed by atoms with van der Waals surface area (Å²) in [5, 5.41) is 0. The predicted molar refractivity (Wildman–Crippen MR) is 135 cm³/mol. The minimum absolute atomic E-state index is 0.396. The summed E-state index contributed by atoms with van der Waals surface area (Å²) in [6.07, 6.45) is 14.6. The van der Waals surface area contributed by atoms with Crippen molar-refractivity contribution in [2.45, 2.75) is 103 Å². The summed E-state index contributed by atoms with van der Waals surface area (Å²) < 4.78 is 0. The van der Waals surface area contributed by atoms with Crippen molar-refractivity contribution in [2.24, 2.45) is 11.8 Å². The monoisotopic (exact) mass is 430 g/mol. The Morgan fingerprint density at radius 2 is 1.03 bits per heavy atom. The van der Waals surface area contributed by atoms with Crippen LogP contribution in [-0.4, -0.2) is 5.78 Å². The highest BCUT2D eigenvalue weighted by atomic mass is 16.1. The van der Waals surface area contributed by atoms with Gasteiger partial charge in [-0.15, -0.1) is 0 Å². The molecule has 2 aliphatic rings. The molecule has 2 aromatic rings. The van der Waals surface area contributed by atoms with E-state index in [1.165, 1.54) is 86.5 Å². The van der Waals surface area contributed by atoms with E-state index < -0.39 is 0 Å². The number of aryl methyl sites for hydroxylation is 2. The lowest BCUT2D eigenvalue weighted by Crippen LogP contribution is -2.24. The highest BCUT2D eigenvalue weighted by molar-refractivity contribution is 5.80. The molecule has 2 saturated carbocycles. The third kappa shape index (κ3) is 5.72. The Morgan fingerprint density at radius 3 is 1.41 bits per heavy atom. The fourth-order valence-electron chi connectivity index (χ4n) is 6.71. The molecule has 0 aliphatic heterocycles. The van der Waals surface area contributed by atoms with Gasteiger partial charge in [-0.05, 0) is 85.5 Å². The Hall–Kier alpha value is -1.89. The second-order valence-corrected chi connectivity index (χ2v) is 10.7. The fourth-order valence-corrected chi connectivity index (χ4v) is 6.71. The Morgan fingerprint density at radius 1 is 0.656 bits per heavy atom. The van der Waals surface area contributed by atoms with Gasteiger partial charge >= 0.3 is 0 Å². The first-order valence-electron chi connectivity index (χ1n) is 13.3. The van der Waals surface area contributed by atoms with Crippen LogP contribution in [0.3, 0.4) is 0 Å². The van der Waals surface area contributed by atoms with Crippen molar-refractivity contribution in [3.05, 3.63) is 70.8 Å². The maximum absolute atomic E-state index is 13.7. The van der Waals surface area contributed by atoms with E-state index in [-0.39, 0.29) is 0 Å². The van der Waals surface area contributed by atoms with E-state index in [2.05, 4.69) is 62.4 Å². The Balaban J connectivity index is 1.55. The van der Waals surface area contributed by atoms with Gasteiger partial charge in [0.25, 0.3) is 0 Å². The van der Waals surface area contributed by atoms with E-state index in [1.54, 1.807) is 0 Å². The smallest absolute Gasteiger partial charge is 0.134 e. The number of rotatable bonds is 8. The molecule has 2 atom stereocenters. The molecule has 0 aromatic heterocycles. The molecule has 172 valence electrons. The lowest BCUT2D eigenvalue weighted by atomic mass is 9.71. The molecule has 2 aromatic carbocycles. The van der Waals surface area contributed by atoms with Crippen LogP contribution in [0, 0.1) is 25.7 Å². The lowest BCUT2D eigenvalue weighted by molar-refractivity contribution is -0.120. The van der Waals surface area contributed by atoms with E-state index in [0.29, 0.717) is 29.5 Å². The van der Waals surface area contributed by atoms with Crippen molar-refractivity contribution >= 4 is 5.78 Å². The largest absolute Gasteiger partial charge is 0.300 e. The summed E-state index contributed by atoms with van der Waals surface area (Å²) in [5.74, 6) is 2.61. The average Bonchev–Trinajstić information content (AvgIpc) is 2.83. The van der Waals surface area contributed by atoms with Gasteiger partial charge in [-0.3, -0.25) is 4.79 Å². The lowest BCUT2D eigenvalue weighted by Gasteiger charge is -2.34. The molecule has 0 unspecified atom stereocenters. The first-order chi connectivity index (χ1) is 15.6. The van der Waals surface area contributed by atoms with Crippen molar-refractivity contribution in [1.82, 2.24) is 0 Å². The van der Waals surface area contributed by atoms with Crippen LogP contribution in [0.4, 0.5) is 0 Å². The number of hydrogen-bond acceptors (Lipinski definition) is 1. The Bertz CT molecular complexity index is 798. The summed E-state index contributed by atoms with van der Waals surface area (Å²) in [6, 6.07) is 17.7. The van der Waals surface area contributed by atoms with Crippen LogP contribution in [0.15, 0.2) is 48.5 Å². The predicted octanol–water partition coefficient (Wildman–Crippen LogP) is 8.68. The van der Waals surface area contributed by atoms with E-state index in [1.807, 2.05) is 0 Å². The van der Waals surface area contributed by atoms with Crippen LogP contribution in [0.25, 0.3) is 0 Å². The topological polar surface area (TPSA) is 17.1 Å². The molecule has 0 saturated heterocycles. The van der Waals surface area contributed by atoms with E-state index >= 15 is 0 Å². The minimum atomic E-state index is 0.396. The standard InChI is InChI=1S/C31H42O/c1-23-13-9-11-19-28(23)30(25-15-5-3-6-16-25)21-27(32)22-31(26-17-7-4-8-18-26)29-20-12-10-14-24(29)2/h9-14,19-20,25-26,30-31H,3-8,15-18,21-22H2,1-2H3/t30-,31-/m0/s1. The molecule has 0 radical (unpaired) electrons. The van der Waals surface area contributed by atoms with Gasteiger partial charge in [0.15, 0.2) is 0 Å². The minimum Gasteiger partial charge on any atom is -0.300 e. The number of benzene rings is 2. The molecule has 1 nitrogen and oxygen atoms in total. The molecule has 0 heterocycles. The van der Waals surface area contributed by atoms with Crippen molar-refractivity contribution in [3.63, 3.8) is 0 Å². The first-order valence-corrected chi connectivity index (χ1v) is 13.3. The average molecular weight is 431 g/mol. The molecule has 0 bridgehead atoms. The zero-order valence-electron chi connectivity index (χ0n) is 20.3. The molecule has 0 N–H and O–H groups in total. The Labute approximate surface area is 196 Å². The van der Waals surface area contributed by atoms with Gasteiger partial charge in [0.1, 0.15) is 5.78 Å². The third-order valence-corrected chi connectivity index (χ3v) is 8.51. The molecule has 0 amide bonds. The van der Waals surface area contributed by atoms with Crippen molar-refractivity contribution in [2.75, 3.05) is 0 Å². The summed E-state index contributed by atoms with van der Waals surface area (Å²) in [4.78, 5) is 13.7. The Kier molecular flexibility index (Phi) is 8.22. The maximum atomic E-state index is 13.7. The zero-order valence-corrected chi connectivity index (χ0v) is 20.3. The number of carbonyl (C=O) groups excluding carboxylic acids is 1. The molecule has 2 aliphatic carbocycles. The van der Waals surface area contributed by atoms with E-state index in [0.717, 1.165) is 12.8 Å². The molecular weight excluding hydrogens is 388 g/mol. The van der Waals surface area contributed by atoms with Crippen molar-refractivity contribution in [1.29, 1.82) is 0 Å². The second kappa shape index (κ2) is 11.3. The first kappa shape index (κ1) is 23.3. The van der Waals surface area contributed by atoms with Gasteiger partial charge in [-0.1, -0.05) is 87.1 Å². The SMILES string of the molecule is Cc1ccccc1[C@@H](CC(=O)C[C@H](c1ccccc1C)C1CCCCC1)C1CCCCC1. The van der Waals surface area contributed by atoms with Crippen LogP contribution < -0.4 is 0 Å². The van der Waals surface area contributed by atoms with Gasteiger partial charge in [0, 0.05) is 12.8 Å². The molecule has 32 heavy (non-hydrogen) atoms. The van der Waals surface area contributed by atoms with Gasteiger partial charge in [0.2, 0.25) is 0 Å². The molecule has 0 spiro atoms. The highest BCUT2D eigenvalue weighted by Crippen LogP contribution is 2.43. The molecule has 4 rings (SSSR count). The van der Waals surface area contributed by atoms with E-state index in [9.17, 15) is 4.79 Å². The summed E-state index contributed by atoms with van der Waals surface area (Å²) in [7, 11) is 0. The van der Waals surface area contributed by atoms with Crippen molar-refractivity contribution in [3.8, 4) is 0 Å². The summed E-state index contributed by atoms with van der Waals surface area (Å²) >= 11 is 0. The summed E-state index contributed by atoms with van der Waals surface area (Å²) in [5.41, 5.74) is 5.58. The van der Waals surface area contributed by atoms with Gasteiger partial charge in [-0.25, -0.2) is 0 Å². The quantitative estimate of drug-likeness (QED) is 0.409. The van der Waals surface area contributed by atoms with Crippen LogP contribution in [0.5, 0.6) is 0 Å². The van der Waals surface area contributed by atoms with Crippen LogP contribution >= 0.6 is 0 Å². The van der Waals surface area contributed by atoms with Gasteiger partial charge < -0.3 is 0 Å². The second-order valence-electron chi connectivity index (χ2n) is 10.7. The number of Topliss-reactive ketones (excluding diaryl/α,β-unsaturated/α-hetero) is 1. The van der Waals surface area contributed by atoms with Crippen LogP contribution in [0.2, 0.25) is 0 Å². The van der Waals surface area contributed by atoms with Gasteiger partial charge in [-0.2, -0.15) is 0 Å². The maximum Gasteiger partial charge on any atom is 0.134 e. The van der Waals surface area contributed by atoms with Crippen LogP contribution in [0.1, 0.15) is 111 Å². The van der Waals surface area contributed by atoms with Crippen LogP contribution in [-0.2, 0) is 4.79 Å². The zero-order chi connectivity index (χ0) is 22.3. The van der Waals surface area contributed by atoms with Crippen molar-refractivity contribution < 1.29 is 4.79 Å². The van der Waals surface area contributed by atoms with Gasteiger partial charge in [0.05, 0.1) is 0 Å².